The lowest BCUT2D eigenvalue weighted by Gasteiger charge is -2.15. The molecule has 0 spiro atoms. The summed E-state index contributed by atoms with van der Waals surface area (Å²) >= 11 is 0. The lowest BCUT2D eigenvalue weighted by Crippen LogP contribution is -2.39. The predicted molar refractivity (Wildman–Crippen MR) is 124 cm³/mol. The number of hydrogen-bond acceptors (Lipinski definition) is 6. The molecule has 0 unspecified atom stereocenters. The Kier molecular flexibility index (Phi) is 5.40. The fourth-order valence-corrected chi connectivity index (χ4v) is 3.81. The molecule has 2 saturated carbocycles. The van der Waals surface area contributed by atoms with Gasteiger partial charge in [-0.15, -0.1) is 0 Å². The highest BCUT2D eigenvalue weighted by Gasteiger charge is 2.34. The fourth-order valence-electron chi connectivity index (χ4n) is 3.81. The van der Waals surface area contributed by atoms with Crippen molar-refractivity contribution in [3.63, 3.8) is 0 Å². The first-order valence-electron chi connectivity index (χ1n) is 11.2. The number of hydrogen-bond donors (Lipinski definition) is 1. The molecular formula is C24H25N5O5. The zero-order valence-electron chi connectivity index (χ0n) is 19.3. The van der Waals surface area contributed by atoms with E-state index in [0.29, 0.717) is 22.7 Å². The summed E-state index contributed by atoms with van der Waals surface area (Å²) in [6.07, 6.45) is 2.87. The van der Waals surface area contributed by atoms with Gasteiger partial charge in [0.25, 0.3) is 5.56 Å². The molecule has 2 heterocycles. The molecule has 1 aromatic carbocycles. The van der Waals surface area contributed by atoms with Crippen LogP contribution in [-0.2, 0) is 0 Å². The molecule has 0 aliphatic heterocycles. The summed E-state index contributed by atoms with van der Waals surface area (Å²) in [5, 5.41) is 0. The van der Waals surface area contributed by atoms with Crippen LogP contribution in [0.1, 0.15) is 49.2 Å². The zero-order chi connectivity index (χ0) is 24.0. The van der Waals surface area contributed by atoms with Crippen LogP contribution in [0.25, 0.3) is 11.2 Å². The van der Waals surface area contributed by atoms with E-state index >= 15 is 0 Å². The van der Waals surface area contributed by atoms with Gasteiger partial charge in [-0.3, -0.25) is 18.8 Å². The van der Waals surface area contributed by atoms with E-state index in [4.69, 9.17) is 9.47 Å². The first-order chi connectivity index (χ1) is 16.4. The second-order valence-corrected chi connectivity index (χ2v) is 8.75. The molecule has 176 valence electrons. The Morgan fingerprint density at radius 3 is 2.56 bits per heavy atom. The van der Waals surface area contributed by atoms with Gasteiger partial charge in [0.05, 0.1) is 13.7 Å². The number of imidazole rings is 1. The Bertz CT molecular complexity index is 1460. The number of H-pyrrole nitrogens is 1. The molecule has 2 aliphatic rings. The molecule has 10 nitrogen and oxygen atoms in total. The minimum absolute atomic E-state index is 0.0287. The van der Waals surface area contributed by atoms with E-state index in [1.807, 2.05) is 13.0 Å². The molecule has 10 heteroatoms. The second kappa shape index (κ2) is 8.41. The number of rotatable bonds is 5. The van der Waals surface area contributed by atoms with E-state index in [9.17, 15) is 14.4 Å². The van der Waals surface area contributed by atoms with Crippen LogP contribution in [0.3, 0.4) is 0 Å². The summed E-state index contributed by atoms with van der Waals surface area (Å²) in [7, 11) is 3.08. The van der Waals surface area contributed by atoms with Crippen LogP contribution >= 0.6 is 0 Å². The molecule has 0 bridgehead atoms. The molecule has 0 saturated heterocycles. The lowest BCUT2D eigenvalue weighted by molar-refractivity contribution is 0.166. The van der Waals surface area contributed by atoms with E-state index in [1.54, 1.807) is 23.7 Å². The number of aryl methyl sites for hydroxylation is 1. The monoisotopic (exact) mass is 463 g/mol. The largest absolute Gasteiger partial charge is 0.493 e. The van der Waals surface area contributed by atoms with Gasteiger partial charge < -0.3 is 14.5 Å². The highest BCUT2D eigenvalue weighted by atomic mass is 16.6. The van der Waals surface area contributed by atoms with Crippen LogP contribution in [0.2, 0.25) is 0 Å². The SMILES string of the molecule is COc1cc(C)ccc1OC(=O)N(C)CC#Cc1nc2c([nH]1)c(=O)n(C1CC1)c(=O)n2C1CC1. The van der Waals surface area contributed by atoms with Gasteiger partial charge in [0, 0.05) is 19.1 Å². The second-order valence-electron chi connectivity index (χ2n) is 8.75. The summed E-state index contributed by atoms with van der Waals surface area (Å²) in [6, 6.07) is 5.32. The van der Waals surface area contributed by atoms with Crippen molar-refractivity contribution >= 4 is 17.3 Å². The van der Waals surface area contributed by atoms with Crippen molar-refractivity contribution in [1.29, 1.82) is 0 Å². The number of ether oxygens (including phenoxy) is 2. The molecule has 2 fully saturated rings. The van der Waals surface area contributed by atoms with Crippen LogP contribution in [0.4, 0.5) is 4.79 Å². The third-order valence-corrected chi connectivity index (χ3v) is 5.93. The maximum Gasteiger partial charge on any atom is 0.415 e. The van der Waals surface area contributed by atoms with Crippen molar-refractivity contribution in [1.82, 2.24) is 24.0 Å². The summed E-state index contributed by atoms with van der Waals surface area (Å²) in [5.41, 5.74) is 0.979. The van der Waals surface area contributed by atoms with Gasteiger partial charge in [0.2, 0.25) is 0 Å². The Morgan fingerprint density at radius 2 is 1.88 bits per heavy atom. The van der Waals surface area contributed by atoms with Gasteiger partial charge in [0.1, 0.15) is 0 Å². The molecular weight excluding hydrogens is 438 g/mol. The van der Waals surface area contributed by atoms with Crippen LogP contribution < -0.4 is 20.7 Å². The molecule has 3 aromatic rings. The average molecular weight is 463 g/mol. The maximum absolute atomic E-state index is 12.9. The van der Waals surface area contributed by atoms with Crippen LogP contribution in [-0.4, -0.2) is 50.8 Å². The number of methoxy groups -OCH3 is 1. The van der Waals surface area contributed by atoms with Gasteiger partial charge in [-0.2, -0.15) is 0 Å². The molecule has 0 radical (unpaired) electrons. The van der Waals surface area contributed by atoms with Gasteiger partial charge in [-0.25, -0.2) is 14.6 Å². The first-order valence-corrected chi connectivity index (χ1v) is 11.2. The number of fused-ring (bicyclic) bond motifs is 1. The zero-order valence-corrected chi connectivity index (χ0v) is 19.3. The molecule has 5 rings (SSSR count). The van der Waals surface area contributed by atoms with Gasteiger partial charge in [-0.1, -0.05) is 12.0 Å². The number of aromatic amines is 1. The summed E-state index contributed by atoms with van der Waals surface area (Å²) in [6.45, 7) is 1.99. The average Bonchev–Trinajstić information content (AvgIpc) is 3.74. The van der Waals surface area contributed by atoms with Crippen LogP contribution in [0.5, 0.6) is 11.5 Å². The minimum Gasteiger partial charge on any atom is -0.493 e. The van der Waals surface area contributed by atoms with E-state index in [2.05, 4.69) is 21.8 Å². The third-order valence-electron chi connectivity index (χ3n) is 5.93. The number of nitrogens with zero attached hydrogens (tertiary/aromatic N) is 4. The van der Waals surface area contributed by atoms with Gasteiger partial charge >= 0.3 is 11.8 Å². The Balaban J connectivity index is 1.35. The molecule has 0 atom stereocenters. The van der Waals surface area contributed by atoms with Crippen molar-refractivity contribution in [2.45, 2.75) is 44.7 Å². The predicted octanol–water partition coefficient (Wildman–Crippen LogP) is 2.36. The van der Waals surface area contributed by atoms with E-state index in [0.717, 1.165) is 31.2 Å². The van der Waals surface area contributed by atoms with Gasteiger partial charge in [-0.05, 0) is 56.2 Å². The van der Waals surface area contributed by atoms with Gasteiger partial charge in [0.15, 0.2) is 28.5 Å². The molecule has 2 aromatic heterocycles. The molecule has 2 aliphatic carbocycles. The first kappa shape index (κ1) is 21.8. The number of benzene rings is 1. The van der Waals surface area contributed by atoms with Crippen molar-refractivity contribution in [2.75, 3.05) is 20.7 Å². The van der Waals surface area contributed by atoms with Crippen LogP contribution in [0.15, 0.2) is 27.8 Å². The highest BCUT2D eigenvalue weighted by Crippen LogP contribution is 2.36. The minimum atomic E-state index is -0.587. The maximum atomic E-state index is 12.9. The lowest BCUT2D eigenvalue weighted by atomic mass is 10.2. The Hall–Kier alpha value is -4.00. The van der Waals surface area contributed by atoms with Crippen LogP contribution in [0, 0.1) is 18.8 Å². The fraction of sp³-hybridized carbons (Fsp3) is 0.417. The van der Waals surface area contributed by atoms with E-state index < -0.39 is 6.09 Å². The van der Waals surface area contributed by atoms with Crippen molar-refractivity contribution < 1.29 is 14.3 Å². The summed E-state index contributed by atoms with van der Waals surface area (Å²) in [4.78, 5) is 47.0. The number of amides is 1. The third kappa shape index (κ3) is 4.05. The number of aromatic nitrogens is 4. The summed E-state index contributed by atoms with van der Waals surface area (Å²) < 4.78 is 13.6. The molecule has 1 N–H and O–H groups in total. The number of nitrogens with one attached hydrogen (secondary N) is 1. The smallest absolute Gasteiger partial charge is 0.415 e. The highest BCUT2D eigenvalue weighted by molar-refractivity contribution is 5.72. The quantitative estimate of drug-likeness (QED) is 0.582. The number of carbonyl (C=O) groups is 1. The van der Waals surface area contributed by atoms with E-state index in [1.165, 1.54) is 16.6 Å². The Labute approximate surface area is 195 Å². The standard InChI is InChI=1S/C24H25N5O5/c1-14-6-11-17(18(13-14)33-3)34-24(32)27(2)12-4-5-19-25-20-21(26-19)28(15-7-8-15)23(31)29(22(20)30)16-9-10-16/h6,11,13,15-16H,7-10,12H2,1-3H3,(H,25,26). The van der Waals surface area contributed by atoms with Crippen molar-refractivity contribution in [3.05, 3.63) is 50.4 Å². The molecule has 1 amide bonds. The van der Waals surface area contributed by atoms with Crippen molar-refractivity contribution in [3.8, 4) is 23.3 Å². The topological polar surface area (TPSA) is 111 Å². The Morgan fingerprint density at radius 1 is 1.18 bits per heavy atom. The number of carbonyl (C=O) groups excluding carboxylic acids is 1. The normalized spacial score (nSPS) is 15.0. The van der Waals surface area contributed by atoms with E-state index in [-0.39, 0.29) is 35.7 Å². The molecule has 34 heavy (non-hydrogen) atoms. The summed E-state index contributed by atoms with van der Waals surface area (Å²) in [5.74, 6) is 6.79. The van der Waals surface area contributed by atoms with Crippen molar-refractivity contribution in [2.24, 2.45) is 0 Å².